The van der Waals surface area contributed by atoms with E-state index < -0.39 is 15.9 Å². The molecule has 1 aromatic heterocycles. The van der Waals surface area contributed by atoms with Crippen LogP contribution in [0.15, 0.2) is 88.3 Å². The Morgan fingerprint density at radius 1 is 1.03 bits per heavy atom. The van der Waals surface area contributed by atoms with Crippen LogP contribution in [-0.2, 0) is 16.4 Å². The van der Waals surface area contributed by atoms with Crippen LogP contribution in [0, 0.1) is 0 Å². The zero-order valence-electron chi connectivity index (χ0n) is 19.1. The SMILES string of the molecule is CC1Cc2cc(-c3cc(C(=O)Nc4ccc(S(=O)(=O)N(C)c5ccccc5)cc4)no3)ccc2O1. The van der Waals surface area contributed by atoms with E-state index in [9.17, 15) is 13.2 Å². The van der Waals surface area contributed by atoms with Crippen LogP contribution in [0.25, 0.3) is 11.3 Å². The second kappa shape index (κ2) is 8.92. The van der Waals surface area contributed by atoms with E-state index in [1.807, 2.05) is 31.2 Å². The zero-order chi connectivity index (χ0) is 24.6. The number of hydrogen-bond donors (Lipinski definition) is 1. The van der Waals surface area contributed by atoms with Gasteiger partial charge in [0, 0.05) is 30.8 Å². The first-order valence-electron chi connectivity index (χ1n) is 11.0. The summed E-state index contributed by atoms with van der Waals surface area (Å²) >= 11 is 0. The Balaban J connectivity index is 1.28. The van der Waals surface area contributed by atoms with Crippen molar-refractivity contribution in [2.75, 3.05) is 16.7 Å². The number of para-hydroxylation sites is 1. The van der Waals surface area contributed by atoms with Gasteiger partial charge in [0.05, 0.1) is 10.6 Å². The molecule has 0 saturated carbocycles. The van der Waals surface area contributed by atoms with E-state index >= 15 is 0 Å². The van der Waals surface area contributed by atoms with E-state index in [-0.39, 0.29) is 16.7 Å². The quantitative estimate of drug-likeness (QED) is 0.420. The molecule has 0 radical (unpaired) electrons. The van der Waals surface area contributed by atoms with Gasteiger partial charge >= 0.3 is 0 Å². The number of hydrogen-bond acceptors (Lipinski definition) is 6. The Bertz CT molecular complexity index is 1480. The van der Waals surface area contributed by atoms with Crippen LogP contribution in [0.2, 0.25) is 0 Å². The predicted octanol–water partition coefficient (Wildman–Crippen LogP) is 4.74. The van der Waals surface area contributed by atoms with Crippen molar-refractivity contribution in [2.24, 2.45) is 0 Å². The highest BCUT2D eigenvalue weighted by Gasteiger charge is 2.22. The van der Waals surface area contributed by atoms with Crippen LogP contribution >= 0.6 is 0 Å². The van der Waals surface area contributed by atoms with Crippen molar-refractivity contribution < 1.29 is 22.5 Å². The molecule has 1 N–H and O–H groups in total. The third-order valence-corrected chi connectivity index (χ3v) is 7.61. The maximum absolute atomic E-state index is 12.9. The molecular weight excluding hydrogens is 466 g/mol. The summed E-state index contributed by atoms with van der Waals surface area (Å²) in [6, 6.07) is 22.1. The van der Waals surface area contributed by atoms with Gasteiger partial charge in [0.2, 0.25) is 0 Å². The maximum atomic E-state index is 12.9. The monoisotopic (exact) mass is 489 g/mol. The predicted molar refractivity (Wildman–Crippen MR) is 132 cm³/mol. The molecule has 2 heterocycles. The summed E-state index contributed by atoms with van der Waals surface area (Å²) in [5.41, 5.74) is 3.00. The van der Waals surface area contributed by atoms with Crippen LogP contribution in [0.1, 0.15) is 23.0 Å². The lowest BCUT2D eigenvalue weighted by molar-refractivity contribution is 0.101. The standard InChI is InChI=1S/C26H23N3O5S/c1-17-14-19-15-18(8-13-24(19)33-17)25-16-23(28-34-25)26(30)27-20-9-11-22(12-10-20)35(31,32)29(2)21-6-4-3-5-7-21/h3-13,15-17H,14H2,1-2H3,(H,27,30). The molecule has 4 aromatic rings. The van der Waals surface area contributed by atoms with E-state index in [1.54, 1.807) is 30.3 Å². The minimum Gasteiger partial charge on any atom is -0.490 e. The van der Waals surface area contributed by atoms with E-state index in [2.05, 4.69) is 10.5 Å². The number of nitrogens with zero attached hydrogens (tertiary/aromatic N) is 2. The van der Waals surface area contributed by atoms with Crippen molar-refractivity contribution in [1.82, 2.24) is 5.16 Å². The minimum absolute atomic E-state index is 0.112. The van der Waals surface area contributed by atoms with Crippen molar-refractivity contribution >= 4 is 27.3 Å². The molecule has 9 heteroatoms. The van der Waals surface area contributed by atoms with Crippen molar-refractivity contribution in [1.29, 1.82) is 0 Å². The van der Waals surface area contributed by atoms with Crippen molar-refractivity contribution in [3.05, 3.63) is 90.1 Å². The molecule has 0 spiro atoms. The average Bonchev–Trinajstić information content (AvgIpc) is 3.50. The van der Waals surface area contributed by atoms with E-state index in [1.165, 1.54) is 35.6 Å². The molecule has 0 fully saturated rings. The Morgan fingerprint density at radius 3 is 2.51 bits per heavy atom. The van der Waals surface area contributed by atoms with Gasteiger partial charge in [0.15, 0.2) is 11.5 Å². The molecule has 35 heavy (non-hydrogen) atoms. The summed E-state index contributed by atoms with van der Waals surface area (Å²) in [5.74, 6) is 0.872. The Kier molecular flexibility index (Phi) is 5.78. The van der Waals surface area contributed by atoms with Gasteiger partial charge in [-0.3, -0.25) is 9.10 Å². The van der Waals surface area contributed by atoms with Crippen molar-refractivity contribution in [2.45, 2.75) is 24.3 Å². The molecule has 178 valence electrons. The Labute approximate surface area is 203 Å². The first-order valence-corrected chi connectivity index (χ1v) is 12.5. The number of benzene rings is 3. The van der Waals surface area contributed by atoms with Crippen LogP contribution in [0.3, 0.4) is 0 Å². The molecule has 8 nitrogen and oxygen atoms in total. The van der Waals surface area contributed by atoms with Crippen LogP contribution in [0.5, 0.6) is 5.75 Å². The largest absolute Gasteiger partial charge is 0.490 e. The van der Waals surface area contributed by atoms with Gasteiger partial charge in [-0.25, -0.2) is 8.42 Å². The minimum atomic E-state index is -3.74. The third kappa shape index (κ3) is 4.50. The highest BCUT2D eigenvalue weighted by Crippen LogP contribution is 2.33. The lowest BCUT2D eigenvalue weighted by atomic mass is 10.1. The number of carbonyl (C=O) groups is 1. The van der Waals surface area contributed by atoms with Crippen LogP contribution in [-0.4, -0.2) is 32.6 Å². The molecule has 1 aliphatic heterocycles. The summed E-state index contributed by atoms with van der Waals surface area (Å²) in [7, 11) is -2.24. The lowest BCUT2D eigenvalue weighted by Gasteiger charge is -2.19. The third-order valence-electron chi connectivity index (χ3n) is 5.81. The number of anilines is 2. The number of aromatic nitrogens is 1. The topological polar surface area (TPSA) is 102 Å². The smallest absolute Gasteiger partial charge is 0.277 e. The fourth-order valence-electron chi connectivity index (χ4n) is 3.93. The number of fused-ring (bicyclic) bond motifs is 1. The molecule has 0 aliphatic carbocycles. The molecule has 0 bridgehead atoms. The molecule has 0 saturated heterocycles. The molecule has 1 amide bonds. The molecule has 1 atom stereocenters. The molecule has 3 aromatic carbocycles. The number of amides is 1. The summed E-state index contributed by atoms with van der Waals surface area (Å²) in [6.07, 6.45) is 0.953. The molecular formula is C26H23N3O5S. The van der Waals surface area contributed by atoms with Crippen molar-refractivity contribution in [3.63, 3.8) is 0 Å². The normalized spacial score (nSPS) is 14.7. The lowest BCUT2D eigenvalue weighted by Crippen LogP contribution is -2.26. The number of rotatable bonds is 6. The summed E-state index contributed by atoms with van der Waals surface area (Å²) in [6.45, 7) is 2.01. The van der Waals surface area contributed by atoms with Gasteiger partial charge in [-0.2, -0.15) is 0 Å². The molecule has 1 unspecified atom stereocenters. The van der Waals surface area contributed by atoms with Crippen LogP contribution < -0.4 is 14.4 Å². The summed E-state index contributed by atoms with van der Waals surface area (Å²) in [4.78, 5) is 12.8. The van der Waals surface area contributed by atoms with Crippen LogP contribution in [0.4, 0.5) is 11.4 Å². The van der Waals surface area contributed by atoms with Gasteiger partial charge in [-0.15, -0.1) is 0 Å². The number of ether oxygens (including phenoxy) is 1. The fourth-order valence-corrected chi connectivity index (χ4v) is 5.13. The van der Waals surface area contributed by atoms with Gasteiger partial charge in [-0.1, -0.05) is 23.4 Å². The highest BCUT2D eigenvalue weighted by molar-refractivity contribution is 7.92. The van der Waals surface area contributed by atoms with E-state index in [4.69, 9.17) is 9.26 Å². The summed E-state index contributed by atoms with van der Waals surface area (Å²) < 4.78 is 38.2. The first-order chi connectivity index (χ1) is 16.8. The number of carbonyl (C=O) groups excluding carboxylic acids is 1. The summed E-state index contributed by atoms with van der Waals surface area (Å²) in [5, 5.41) is 6.61. The Hall–Kier alpha value is -4.11. The van der Waals surface area contributed by atoms with Gasteiger partial charge < -0.3 is 14.6 Å². The van der Waals surface area contributed by atoms with Gasteiger partial charge in [-0.05, 0) is 67.1 Å². The molecule has 5 rings (SSSR count). The second-order valence-electron chi connectivity index (χ2n) is 8.32. The fraction of sp³-hybridized carbons (Fsp3) is 0.154. The Morgan fingerprint density at radius 2 is 1.77 bits per heavy atom. The number of nitrogens with one attached hydrogen (secondary N) is 1. The van der Waals surface area contributed by atoms with E-state index in [0.717, 1.165) is 23.3 Å². The number of sulfonamides is 1. The highest BCUT2D eigenvalue weighted by atomic mass is 32.2. The zero-order valence-corrected chi connectivity index (χ0v) is 20.0. The maximum Gasteiger partial charge on any atom is 0.277 e. The van der Waals surface area contributed by atoms with E-state index in [0.29, 0.717) is 17.1 Å². The average molecular weight is 490 g/mol. The van der Waals surface area contributed by atoms with Gasteiger partial charge in [0.1, 0.15) is 11.9 Å². The first kappa shape index (κ1) is 22.7. The van der Waals surface area contributed by atoms with Crippen molar-refractivity contribution in [3.8, 4) is 17.1 Å². The second-order valence-corrected chi connectivity index (χ2v) is 10.3. The molecule has 1 aliphatic rings. The van der Waals surface area contributed by atoms with Gasteiger partial charge in [0.25, 0.3) is 15.9 Å².